The number of ether oxygens (including phenoxy) is 1. The number of rotatable bonds is 2. The van der Waals surface area contributed by atoms with E-state index in [2.05, 4.69) is 0 Å². The van der Waals surface area contributed by atoms with Crippen molar-refractivity contribution in [2.75, 3.05) is 6.61 Å². The third kappa shape index (κ3) is 2.89. The third-order valence-corrected chi connectivity index (χ3v) is 3.03. The molecule has 6 heteroatoms. The Morgan fingerprint density at radius 2 is 2.00 bits per heavy atom. The van der Waals surface area contributed by atoms with Gasteiger partial charge >= 0.3 is 6.18 Å². The first-order valence-electron chi connectivity index (χ1n) is 5.83. The van der Waals surface area contributed by atoms with Crippen molar-refractivity contribution in [3.63, 3.8) is 0 Å². The van der Waals surface area contributed by atoms with Crippen LogP contribution in [-0.2, 0) is 10.9 Å². The molecule has 104 valence electrons. The van der Waals surface area contributed by atoms with E-state index in [1.54, 1.807) is 0 Å². The summed E-state index contributed by atoms with van der Waals surface area (Å²) in [7, 11) is 0. The van der Waals surface area contributed by atoms with Gasteiger partial charge in [-0.25, -0.2) is 4.39 Å². The number of halogens is 4. The predicted molar refractivity (Wildman–Crippen MR) is 61.6 cm³/mol. The summed E-state index contributed by atoms with van der Waals surface area (Å²) in [6.07, 6.45) is -2.00. The molecule has 2 rings (SSSR count). The van der Waals surface area contributed by atoms with Gasteiger partial charge in [-0.15, -0.1) is 0 Å². The quantitative estimate of drug-likeness (QED) is 0.838. The molecule has 0 fully saturated rings. The fraction of sp³-hybridized carbons (Fsp3) is 0.385. The normalized spacial score (nSPS) is 17.6. The topological polar surface area (TPSA) is 35.2 Å². The van der Waals surface area contributed by atoms with E-state index in [9.17, 15) is 17.6 Å². The van der Waals surface area contributed by atoms with Crippen LogP contribution in [0, 0.1) is 5.82 Å². The number of alkyl halides is 3. The highest BCUT2D eigenvalue weighted by molar-refractivity contribution is 5.34. The van der Waals surface area contributed by atoms with Crippen molar-refractivity contribution in [3.8, 4) is 0 Å². The zero-order chi connectivity index (χ0) is 14.0. The molecule has 1 heterocycles. The van der Waals surface area contributed by atoms with Gasteiger partial charge in [-0.05, 0) is 24.5 Å². The maximum atomic E-state index is 13.9. The highest BCUT2D eigenvalue weighted by Crippen LogP contribution is 2.35. The smallest absolute Gasteiger partial charge is 0.419 e. The molecular weight excluding hydrogens is 262 g/mol. The van der Waals surface area contributed by atoms with Gasteiger partial charge in [0.1, 0.15) is 5.82 Å². The Bertz CT molecular complexity index is 496. The molecule has 0 aliphatic carbocycles. The Morgan fingerprint density at radius 3 is 2.58 bits per heavy atom. The van der Waals surface area contributed by atoms with Crippen LogP contribution < -0.4 is 5.73 Å². The summed E-state index contributed by atoms with van der Waals surface area (Å²) >= 11 is 0. The molecule has 0 saturated carbocycles. The van der Waals surface area contributed by atoms with Crippen LogP contribution in [0.3, 0.4) is 0 Å². The van der Waals surface area contributed by atoms with Gasteiger partial charge in [0, 0.05) is 5.56 Å². The van der Waals surface area contributed by atoms with Gasteiger partial charge in [-0.2, -0.15) is 13.2 Å². The lowest BCUT2D eigenvalue weighted by Gasteiger charge is -2.21. The van der Waals surface area contributed by atoms with Crippen LogP contribution in [-0.4, -0.2) is 6.61 Å². The molecule has 1 aliphatic heterocycles. The minimum atomic E-state index is -4.72. The van der Waals surface area contributed by atoms with Crippen molar-refractivity contribution in [1.29, 1.82) is 0 Å². The maximum absolute atomic E-state index is 13.9. The van der Waals surface area contributed by atoms with Crippen molar-refractivity contribution in [3.05, 3.63) is 47.0 Å². The zero-order valence-corrected chi connectivity index (χ0v) is 10.0. The molecule has 0 bridgehead atoms. The molecule has 2 nitrogen and oxygen atoms in total. The van der Waals surface area contributed by atoms with E-state index >= 15 is 0 Å². The maximum Gasteiger partial charge on any atom is 0.419 e. The average Bonchev–Trinajstić information content (AvgIpc) is 2.38. The first kappa shape index (κ1) is 13.9. The molecule has 0 radical (unpaired) electrons. The minimum Gasteiger partial charge on any atom is -0.501 e. The monoisotopic (exact) mass is 275 g/mol. The Hall–Kier alpha value is -1.56. The van der Waals surface area contributed by atoms with Crippen LogP contribution in [0.25, 0.3) is 0 Å². The number of nitrogens with two attached hydrogens (primary N) is 1. The molecular formula is C13H13F4NO. The summed E-state index contributed by atoms with van der Waals surface area (Å²) in [5.41, 5.74) is 4.97. The van der Waals surface area contributed by atoms with E-state index in [1.807, 2.05) is 0 Å². The van der Waals surface area contributed by atoms with Gasteiger partial charge in [0.15, 0.2) is 0 Å². The molecule has 0 aromatic heterocycles. The highest BCUT2D eigenvalue weighted by atomic mass is 19.4. The Labute approximate surface area is 107 Å². The highest BCUT2D eigenvalue weighted by Gasteiger charge is 2.35. The summed E-state index contributed by atoms with van der Waals surface area (Å²) in [5.74, 6) is -1.31. The lowest BCUT2D eigenvalue weighted by Crippen LogP contribution is -2.19. The molecule has 1 atom stereocenters. The van der Waals surface area contributed by atoms with Crippen LogP contribution in [0.1, 0.15) is 30.0 Å². The summed E-state index contributed by atoms with van der Waals surface area (Å²) in [5, 5.41) is 0. The molecule has 2 N–H and O–H groups in total. The molecule has 1 unspecified atom stereocenters. The zero-order valence-electron chi connectivity index (χ0n) is 10.0. The molecule has 1 aliphatic rings. The number of hydrogen-bond donors (Lipinski definition) is 1. The fourth-order valence-corrected chi connectivity index (χ4v) is 2.02. The van der Waals surface area contributed by atoms with Crippen molar-refractivity contribution in [2.24, 2.45) is 5.73 Å². The van der Waals surface area contributed by atoms with Gasteiger partial charge in [-0.1, -0.05) is 12.1 Å². The van der Waals surface area contributed by atoms with Gasteiger partial charge in [0.05, 0.1) is 24.5 Å². The van der Waals surface area contributed by atoms with Crippen LogP contribution in [0.4, 0.5) is 17.6 Å². The first-order chi connectivity index (χ1) is 8.91. The minimum absolute atomic E-state index is 0.161. The molecule has 1 aromatic rings. The number of benzene rings is 1. The van der Waals surface area contributed by atoms with E-state index in [4.69, 9.17) is 10.5 Å². The van der Waals surface area contributed by atoms with Crippen molar-refractivity contribution >= 4 is 0 Å². The second-order valence-electron chi connectivity index (χ2n) is 4.35. The lowest BCUT2D eigenvalue weighted by molar-refractivity contribution is -0.140. The summed E-state index contributed by atoms with van der Waals surface area (Å²) in [6, 6.07) is 2.22. The Morgan fingerprint density at radius 1 is 1.26 bits per heavy atom. The largest absolute Gasteiger partial charge is 0.501 e. The van der Waals surface area contributed by atoms with E-state index in [0.717, 1.165) is 12.5 Å². The second-order valence-corrected chi connectivity index (χ2v) is 4.35. The van der Waals surface area contributed by atoms with Gasteiger partial charge in [0.25, 0.3) is 0 Å². The SMILES string of the molecule is NC(C1=COCCC1)c1cccc(C(F)(F)F)c1F. The molecule has 1 aromatic carbocycles. The van der Waals surface area contributed by atoms with Crippen LogP contribution in [0.15, 0.2) is 30.0 Å². The average molecular weight is 275 g/mol. The summed E-state index contributed by atoms with van der Waals surface area (Å²) < 4.78 is 56.8. The fourth-order valence-electron chi connectivity index (χ4n) is 2.02. The van der Waals surface area contributed by atoms with Gasteiger partial charge in [0.2, 0.25) is 0 Å². The van der Waals surface area contributed by atoms with E-state index < -0.39 is 23.6 Å². The van der Waals surface area contributed by atoms with Gasteiger partial charge in [-0.3, -0.25) is 0 Å². The third-order valence-electron chi connectivity index (χ3n) is 3.03. The van der Waals surface area contributed by atoms with Crippen LogP contribution in [0.2, 0.25) is 0 Å². The lowest BCUT2D eigenvalue weighted by atomic mass is 9.94. The second kappa shape index (κ2) is 5.21. The molecule has 0 amide bonds. The molecule has 19 heavy (non-hydrogen) atoms. The van der Waals surface area contributed by atoms with Crippen molar-refractivity contribution in [1.82, 2.24) is 0 Å². The molecule has 0 spiro atoms. The Kier molecular flexibility index (Phi) is 3.80. The van der Waals surface area contributed by atoms with E-state index in [-0.39, 0.29) is 5.56 Å². The standard InChI is InChI=1S/C13H13F4NO/c14-11-9(4-1-5-10(11)13(15,16)17)12(18)8-3-2-6-19-7-8/h1,4-5,7,12H,2-3,6,18H2. The van der Waals surface area contributed by atoms with Crippen LogP contribution >= 0.6 is 0 Å². The Balaban J connectivity index is 2.37. The van der Waals surface area contributed by atoms with Crippen molar-refractivity contribution in [2.45, 2.75) is 25.1 Å². The predicted octanol–water partition coefficient (Wildman–Crippen LogP) is 3.54. The van der Waals surface area contributed by atoms with Gasteiger partial charge < -0.3 is 10.5 Å². The first-order valence-corrected chi connectivity index (χ1v) is 5.83. The number of hydrogen-bond acceptors (Lipinski definition) is 2. The van der Waals surface area contributed by atoms with E-state index in [0.29, 0.717) is 24.7 Å². The molecule has 0 saturated heterocycles. The summed E-state index contributed by atoms with van der Waals surface area (Å²) in [4.78, 5) is 0. The summed E-state index contributed by atoms with van der Waals surface area (Å²) in [6.45, 7) is 0.543. The van der Waals surface area contributed by atoms with Crippen LogP contribution in [0.5, 0.6) is 0 Å². The van der Waals surface area contributed by atoms with E-state index in [1.165, 1.54) is 12.3 Å². The van der Waals surface area contributed by atoms with Crippen molar-refractivity contribution < 1.29 is 22.3 Å².